The number of rotatable bonds is 10. The lowest BCUT2D eigenvalue weighted by Crippen LogP contribution is -1.99. The summed E-state index contributed by atoms with van der Waals surface area (Å²) < 4.78 is 21.9. The highest BCUT2D eigenvalue weighted by molar-refractivity contribution is 5.81. The number of ether oxygens (including phenoxy) is 4. The van der Waals surface area contributed by atoms with E-state index in [1.54, 1.807) is 21.3 Å². The van der Waals surface area contributed by atoms with Gasteiger partial charge < -0.3 is 18.9 Å². The van der Waals surface area contributed by atoms with Crippen LogP contribution in [0.4, 0.5) is 0 Å². The summed E-state index contributed by atoms with van der Waals surface area (Å²) >= 11 is 0. The van der Waals surface area contributed by atoms with Crippen LogP contribution >= 0.6 is 0 Å². The van der Waals surface area contributed by atoms with Gasteiger partial charge in [0.25, 0.3) is 0 Å². The first-order valence-electron chi connectivity index (χ1n) is 9.22. The molecule has 5 nitrogen and oxygen atoms in total. The summed E-state index contributed by atoms with van der Waals surface area (Å²) in [4.78, 5) is 4.76. The Labute approximate surface area is 161 Å². The molecule has 1 unspecified atom stereocenters. The van der Waals surface area contributed by atoms with E-state index in [4.69, 9.17) is 23.9 Å². The van der Waals surface area contributed by atoms with Gasteiger partial charge in [0.1, 0.15) is 0 Å². The van der Waals surface area contributed by atoms with Crippen LogP contribution in [0.2, 0.25) is 0 Å². The zero-order valence-corrected chi connectivity index (χ0v) is 16.8. The van der Waals surface area contributed by atoms with Crippen molar-refractivity contribution >= 4 is 6.21 Å². The summed E-state index contributed by atoms with van der Waals surface area (Å²) in [5, 5.41) is 0. The molecule has 0 saturated carbocycles. The summed E-state index contributed by atoms with van der Waals surface area (Å²) in [5.74, 6) is 2.89. The Morgan fingerprint density at radius 3 is 2.15 bits per heavy atom. The zero-order valence-electron chi connectivity index (χ0n) is 16.8. The molecule has 0 aromatic heterocycles. The Morgan fingerprint density at radius 2 is 1.52 bits per heavy atom. The van der Waals surface area contributed by atoms with Gasteiger partial charge in [-0.3, -0.25) is 4.99 Å². The molecule has 0 saturated heterocycles. The van der Waals surface area contributed by atoms with E-state index in [1.165, 1.54) is 0 Å². The van der Waals surface area contributed by atoms with Crippen LogP contribution in [0, 0.1) is 0 Å². The molecule has 0 aliphatic rings. The molecule has 0 amide bonds. The van der Waals surface area contributed by atoms with Crippen LogP contribution < -0.4 is 18.9 Å². The van der Waals surface area contributed by atoms with E-state index in [-0.39, 0.29) is 6.04 Å². The third-order valence-electron chi connectivity index (χ3n) is 4.23. The highest BCUT2D eigenvalue weighted by Gasteiger charge is 2.12. The van der Waals surface area contributed by atoms with Gasteiger partial charge in [0.2, 0.25) is 0 Å². The molecule has 0 aliphatic carbocycles. The fourth-order valence-electron chi connectivity index (χ4n) is 2.76. The van der Waals surface area contributed by atoms with Gasteiger partial charge in [0.05, 0.1) is 34.0 Å². The Hall–Kier alpha value is -2.69. The Balaban J connectivity index is 2.21. The molecule has 0 aliphatic heterocycles. The van der Waals surface area contributed by atoms with Crippen molar-refractivity contribution in [2.45, 2.75) is 32.7 Å². The first-order valence-corrected chi connectivity index (χ1v) is 9.22. The van der Waals surface area contributed by atoms with E-state index in [0.717, 1.165) is 29.7 Å². The maximum absolute atomic E-state index is 5.70. The van der Waals surface area contributed by atoms with Crippen LogP contribution in [0.1, 0.15) is 43.9 Å². The molecule has 0 spiro atoms. The van der Waals surface area contributed by atoms with Gasteiger partial charge in [-0.25, -0.2) is 0 Å². The van der Waals surface area contributed by atoms with E-state index in [9.17, 15) is 0 Å². The van der Waals surface area contributed by atoms with Crippen molar-refractivity contribution in [2.75, 3.05) is 27.9 Å². The summed E-state index contributed by atoms with van der Waals surface area (Å²) in [6.45, 7) is 4.86. The lowest BCUT2D eigenvalue weighted by molar-refractivity contribution is 0.294. The maximum Gasteiger partial charge on any atom is 0.161 e. The standard InChI is InChI=1S/C22H29NO4/c1-6-12-27-20-10-8-16(13-21(20)25-4)15-23-18(7-2)17-9-11-19(24-3)22(14-17)26-5/h8-11,13-15,18H,6-7,12H2,1-5H3. The molecule has 27 heavy (non-hydrogen) atoms. The van der Waals surface area contributed by atoms with Crippen molar-refractivity contribution < 1.29 is 18.9 Å². The lowest BCUT2D eigenvalue weighted by atomic mass is 10.0. The SMILES string of the molecule is CCCOc1ccc(C=NC(CC)c2ccc(OC)c(OC)c2)cc1OC. The molecule has 2 rings (SSSR count). The third-order valence-corrected chi connectivity index (χ3v) is 4.23. The normalized spacial score (nSPS) is 12.0. The van der Waals surface area contributed by atoms with Gasteiger partial charge in [-0.15, -0.1) is 0 Å². The van der Waals surface area contributed by atoms with Crippen LogP contribution in [0.3, 0.4) is 0 Å². The van der Waals surface area contributed by atoms with Crippen LogP contribution in [0.5, 0.6) is 23.0 Å². The van der Waals surface area contributed by atoms with E-state index in [1.807, 2.05) is 42.6 Å². The maximum atomic E-state index is 5.70. The van der Waals surface area contributed by atoms with Crippen LogP contribution in [-0.4, -0.2) is 34.2 Å². The number of hydrogen-bond acceptors (Lipinski definition) is 5. The smallest absolute Gasteiger partial charge is 0.161 e. The number of methoxy groups -OCH3 is 3. The minimum atomic E-state index is 0.0341. The summed E-state index contributed by atoms with van der Waals surface area (Å²) in [7, 11) is 4.92. The second kappa shape index (κ2) is 10.5. The van der Waals surface area contributed by atoms with Crippen LogP contribution in [0.15, 0.2) is 41.4 Å². The van der Waals surface area contributed by atoms with E-state index < -0.39 is 0 Å². The van der Waals surface area contributed by atoms with Crippen molar-refractivity contribution in [3.05, 3.63) is 47.5 Å². The molecule has 2 aromatic carbocycles. The van der Waals surface area contributed by atoms with Gasteiger partial charge in [-0.1, -0.05) is 19.9 Å². The van der Waals surface area contributed by atoms with Crippen molar-refractivity contribution in [1.29, 1.82) is 0 Å². The predicted molar refractivity (Wildman–Crippen MR) is 109 cm³/mol. The summed E-state index contributed by atoms with van der Waals surface area (Å²) in [6, 6.07) is 11.8. The Bertz CT molecular complexity index is 758. The van der Waals surface area contributed by atoms with Gasteiger partial charge in [-0.05, 0) is 54.3 Å². The highest BCUT2D eigenvalue weighted by Crippen LogP contribution is 2.32. The lowest BCUT2D eigenvalue weighted by Gasteiger charge is -2.14. The molecule has 0 fully saturated rings. The minimum absolute atomic E-state index is 0.0341. The van der Waals surface area contributed by atoms with Gasteiger partial charge in [-0.2, -0.15) is 0 Å². The molecule has 5 heteroatoms. The zero-order chi connectivity index (χ0) is 19.6. The van der Waals surface area contributed by atoms with Crippen LogP contribution in [-0.2, 0) is 0 Å². The summed E-state index contributed by atoms with van der Waals surface area (Å²) in [5.41, 5.74) is 2.05. The molecule has 1 atom stereocenters. The quantitative estimate of drug-likeness (QED) is 0.547. The molecular weight excluding hydrogens is 342 g/mol. The van der Waals surface area contributed by atoms with Gasteiger partial charge in [0, 0.05) is 6.21 Å². The van der Waals surface area contributed by atoms with Crippen molar-refractivity contribution in [3.63, 3.8) is 0 Å². The third kappa shape index (κ3) is 5.39. The van der Waals surface area contributed by atoms with Gasteiger partial charge >= 0.3 is 0 Å². The topological polar surface area (TPSA) is 49.3 Å². The molecule has 2 aromatic rings. The van der Waals surface area contributed by atoms with Crippen LogP contribution in [0.25, 0.3) is 0 Å². The Kier molecular flexibility index (Phi) is 7.99. The average molecular weight is 371 g/mol. The largest absolute Gasteiger partial charge is 0.493 e. The first kappa shape index (κ1) is 20.6. The average Bonchev–Trinajstić information content (AvgIpc) is 2.72. The number of hydrogen-bond donors (Lipinski definition) is 0. The van der Waals surface area contributed by atoms with Crippen molar-refractivity contribution in [3.8, 4) is 23.0 Å². The summed E-state index contributed by atoms with van der Waals surface area (Å²) in [6.07, 6.45) is 3.70. The molecule has 146 valence electrons. The number of aliphatic imine (C=N–C) groups is 1. The van der Waals surface area contributed by atoms with E-state index >= 15 is 0 Å². The minimum Gasteiger partial charge on any atom is -0.493 e. The molecule has 0 bridgehead atoms. The second-order valence-electron chi connectivity index (χ2n) is 6.08. The fraction of sp³-hybridized carbons (Fsp3) is 0.409. The fourth-order valence-corrected chi connectivity index (χ4v) is 2.76. The molecule has 0 N–H and O–H groups in total. The number of benzene rings is 2. The Morgan fingerprint density at radius 1 is 0.852 bits per heavy atom. The highest BCUT2D eigenvalue weighted by atomic mass is 16.5. The van der Waals surface area contributed by atoms with E-state index in [0.29, 0.717) is 23.9 Å². The first-order chi connectivity index (χ1) is 13.2. The molecular formula is C22H29NO4. The van der Waals surface area contributed by atoms with Crippen molar-refractivity contribution in [2.24, 2.45) is 4.99 Å². The molecule has 0 heterocycles. The van der Waals surface area contributed by atoms with Crippen molar-refractivity contribution in [1.82, 2.24) is 0 Å². The monoisotopic (exact) mass is 371 g/mol. The second-order valence-corrected chi connectivity index (χ2v) is 6.08. The number of nitrogens with zero attached hydrogens (tertiary/aromatic N) is 1. The predicted octanol–water partition coefficient (Wildman–Crippen LogP) is 5.07. The van der Waals surface area contributed by atoms with E-state index in [2.05, 4.69) is 13.8 Å². The molecule has 0 radical (unpaired) electrons. The van der Waals surface area contributed by atoms with Gasteiger partial charge in [0.15, 0.2) is 23.0 Å².